The third kappa shape index (κ3) is 7.33. The Hall–Kier alpha value is -4.24. The first-order chi connectivity index (χ1) is 19.9. The van der Waals surface area contributed by atoms with Crippen LogP contribution in [-0.4, -0.2) is 63.2 Å². The van der Waals surface area contributed by atoms with E-state index >= 15 is 0 Å². The fourth-order valence-corrected chi connectivity index (χ4v) is 4.70. The quantitative estimate of drug-likeness (QED) is 0.108. The van der Waals surface area contributed by atoms with Gasteiger partial charge in [-0.1, -0.05) is 69.2 Å². The van der Waals surface area contributed by atoms with Crippen LogP contribution in [0.3, 0.4) is 0 Å². The third-order valence-electron chi connectivity index (χ3n) is 7.07. The van der Waals surface area contributed by atoms with Crippen LogP contribution in [0.2, 0.25) is 0 Å². The number of unbranched alkanes of at least 4 members (excludes halogenated alkanes) is 2. The van der Waals surface area contributed by atoms with Crippen molar-refractivity contribution in [2.75, 3.05) is 20.2 Å². The van der Waals surface area contributed by atoms with Crippen molar-refractivity contribution in [3.05, 3.63) is 94.7 Å². The first kappa shape index (κ1) is 32.3. The molecule has 1 aliphatic rings. The Labute approximate surface area is 252 Å². The maximum Gasteiger partial charge on any atom is 0.337 e. The van der Waals surface area contributed by atoms with Crippen LogP contribution in [0.15, 0.2) is 66.5 Å². The number of ketones is 1. The molecule has 0 aliphatic carbocycles. The molecule has 3 aromatic rings. The number of hydrogen-bond acceptors (Lipinski definition) is 6. The number of urea groups is 1. The fraction of sp³-hybridized carbons (Fsp3) is 0.344. The van der Waals surface area contributed by atoms with E-state index in [9.17, 15) is 19.2 Å². The molecule has 222 valence electrons. The minimum atomic E-state index is -0.491. The largest absolute Gasteiger partial charge is 0.465 e. The predicted octanol–water partition coefficient (Wildman–Crippen LogP) is 5.77. The van der Waals surface area contributed by atoms with Crippen LogP contribution < -0.4 is 0 Å². The minimum Gasteiger partial charge on any atom is -0.465 e. The van der Waals surface area contributed by atoms with E-state index in [-0.39, 0.29) is 37.0 Å². The Morgan fingerprint density at radius 1 is 0.905 bits per heavy atom. The Kier molecular flexibility index (Phi) is 11.6. The molecular weight excluding hydrogens is 556 g/mol. The minimum absolute atomic E-state index is 0. The lowest BCUT2D eigenvalue weighted by molar-refractivity contribution is -0.123. The molecule has 0 saturated carbocycles. The number of rotatable bonds is 13. The number of aromatic nitrogens is 2. The number of halogens is 1. The number of carbonyl (C=O) groups excluding carboxylic acids is 4. The summed E-state index contributed by atoms with van der Waals surface area (Å²) in [5.41, 5.74) is 2.67. The Balaban J connectivity index is 0.00000484. The van der Waals surface area contributed by atoms with Gasteiger partial charge in [-0.25, -0.2) is 14.6 Å². The van der Waals surface area contributed by atoms with Gasteiger partial charge < -0.3 is 9.30 Å². The standard InChI is InChI=1S/C32H36N4O5.ClH/c1-4-6-13-29-33-20-26(35(29)21-23-14-16-25(17-15-23)31(39)41-3)19-27-30(38)34(18-7-5-2)32(40)36(27)22-28(37)24-11-9-8-10-12-24;/h8-12,14-17,19-20H,4-7,13,18,21-22H2,1-3H3;1H. The summed E-state index contributed by atoms with van der Waals surface area (Å²) in [7, 11) is 1.34. The summed E-state index contributed by atoms with van der Waals surface area (Å²) >= 11 is 0. The van der Waals surface area contributed by atoms with E-state index in [1.54, 1.807) is 48.7 Å². The van der Waals surface area contributed by atoms with Crippen LogP contribution in [0.25, 0.3) is 6.08 Å². The highest BCUT2D eigenvalue weighted by Gasteiger charge is 2.41. The summed E-state index contributed by atoms with van der Waals surface area (Å²) < 4.78 is 6.82. The molecule has 42 heavy (non-hydrogen) atoms. The zero-order valence-electron chi connectivity index (χ0n) is 24.2. The lowest BCUT2D eigenvalue weighted by Gasteiger charge is -2.17. The highest BCUT2D eigenvalue weighted by atomic mass is 35.5. The number of carbonyl (C=O) groups is 4. The molecule has 0 atom stereocenters. The zero-order valence-corrected chi connectivity index (χ0v) is 25.1. The van der Waals surface area contributed by atoms with Gasteiger partial charge in [0.15, 0.2) is 5.78 Å². The average molecular weight is 593 g/mol. The van der Waals surface area contributed by atoms with E-state index < -0.39 is 17.9 Å². The van der Waals surface area contributed by atoms with Crippen molar-refractivity contribution in [1.29, 1.82) is 0 Å². The van der Waals surface area contributed by atoms with Crippen LogP contribution in [0.1, 0.15) is 77.3 Å². The number of amides is 3. The fourth-order valence-electron chi connectivity index (χ4n) is 4.70. The predicted molar refractivity (Wildman–Crippen MR) is 162 cm³/mol. The van der Waals surface area contributed by atoms with Crippen molar-refractivity contribution in [2.45, 2.75) is 52.5 Å². The van der Waals surface area contributed by atoms with E-state index in [1.165, 1.54) is 16.9 Å². The molecule has 0 bridgehead atoms. The Morgan fingerprint density at radius 3 is 2.24 bits per heavy atom. The van der Waals surface area contributed by atoms with E-state index in [2.05, 4.69) is 11.9 Å². The van der Waals surface area contributed by atoms with Crippen LogP contribution in [0.5, 0.6) is 0 Å². The van der Waals surface area contributed by atoms with Crippen molar-refractivity contribution in [1.82, 2.24) is 19.4 Å². The topological polar surface area (TPSA) is 102 Å². The van der Waals surface area contributed by atoms with Gasteiger partial charge in [-0.05, 0) is 36.6 Å². The molecule has 1 aromatic heterocycles. The lowest BCUT2D eigenvalue weighted by atomic mass is 10.1. The van der Waals surface area contributed by atoms with Gasteiger partial charge in [0, 0.05) is 25.1 Å². The summed E-state index contributed by atoms with van der Waals surface area (Å²) in [4.78, 5) is 59.1. The van der Waals surface area contributed by atoms with Gasteiger partial charge in [0.2, 0.25) is 0 Å². The van der Waals surface area contributed by atoms with Crippen LogP contribution in [0.4, 0.5) is 4.79 Å². The molecule has 0 unspecified atom stereocenters. The van der Waals surface area contributed by atoms with Crippen LogP contribution >= 0.6 is 12.4 Å². The molecular formula is C32H37ClN4O5. The maximum atomic E-state index is 13.5. The molecule has 2 heterocycles. The smallest absolute Gasteiger partial charge is 0.337 e. The third-order valence-corrected chi connectivity index (χ3v) is 7.07. The summed E-state index contributed by atoms with van der Waals surface area (Å²) in [5.74, 6) is -0.231. The highest BCUT2D eigenvalue weighted by Crippen LogP contribution is 2.26. The molecule has 10 heteroatoms. The van der Waals surface area contributed by atoms with E-state index in [0.717, 1.165) is 37.1 Å². The van der Waals surface area contributed by atoms with Gasteiger partial charge in [-0.2, -0.15) is 0 Å². The SMILES string of the molecule is CCCCc1ncc(C=C2C(=O)N(CCCC)C(=O)N2CC(=O)c2ccccc2)n1Cc1ccc(C(=O)OC)cc1.Cl. The van der Waals surface area contributed by atoms with Crippen LogP contribution in [0, 0.1) is 0 Å². The highest BCUT2D eigenvalue weighted by molar-refractivity contribution is 6.15. The molecule has 1 saturated heterocycles. The van der Waals surface area contributed by atoms with E-state index in [0.29, 0.717) is 29.8 Å². The van der Waals surface area contributed by atoms with Gasteiger partial charge >= 0.3 is 12.0 Å². The number of aryl methyl sites for hydroxylation is 1. The molecule has 0 N–H and O–H groups in total. The van der Waals surface area contributed by atoms with Crippen molar-refractivity contribution in [2.24, 2.45) is 0 Å². The summed E-state index contributed by atoms with van der Waals surface area (Å²) in [6.07, 6.45) is 7.53. The molecule has 4 rings (SSSR count). The van der Waals surface area contributed by atoms with Gasteiger partial charge in [0.1, 0.15) is 11.5 Å². The molecule has 0 spiro atoms. The number of hydrogen-bond donors (Lipinski definition) is 0. The number of benzene rings is 2. The van der Waals surface area contributed by atoms with Crippen molar-refractivity contribution in [3.63, 3.8) is 0 Å². The monoisotopic (exact) mass is 592 g/mol. The number of Topliss-reactive ketones (excluding diaryl/α,β-unsaturated/α-hetero) is 1. The van der Waals surface area contributed by atoms with Gasteiger partial charge in [0.25, 0.3) is 5.91 Å². The zero-order chi connectivity index (χ0) is 29.4. The Bertz CT molecular complexity index is 1430. The number of esters is 1. The number of ether oxygens (including phenoxy) is 1. The molecule has 1 fully saturated rings. The number of methoxy groups -OCH3 is 1. The molecule has 2 aromatic carbocycles. The molecule has 9 nitrogen and oxygen atoms in total. The van der Waals surface area contributed by atoms with Gasteiger partial charge in [0.05, 0.1) is 31.1 Å². The van der Waals surface area contributed by atoms with Gasteiger partial charge in [-0.15, -0.1) is 12.4 Å². The molecule has 1 aliphatic heterocycles. The lowest BCUT2D eigenvalue weighted by Crippen LogP contribution is -2.36. The second-order valence-electron chi connectivity index (χ2n) is 9.98. The van der Waals surface area contributed by atoms with Crippen molar-refractivity contribution >= 4 is 42.2 Å². The number of imidazole rings is 1. The number of nitrogens with zero attached hydrogens (tertiary/aromatic N) is 4. The normalized spacial score (nSPS) is 13.9. The number of imide groups is 1. The van der Waals surface area contributed by atoms with Crippen LogP contribution in [-0.2, 0) is 22.5 Å². The molecule has 3 amide bonds. The van der Waals surface area contributed by atoms with E-state index in [1.807, 2.05) is 29.7 Å². The first-order valence-electron chi connectivity index (χ1n) is 14.0. The summed E-state index contributed by atoms with van der Waals surface area (Å²) in [5, 5.41) is 0. The van der Waals surface area contributed by atoms with Crippen molar-refractivity contribution < 1.29 is 23.9 Å². The summed E-state index contributed by atoms with van der Waals surface area (Å²) in [6.45, 7) is 4.60. The second-order valence-corrected chi connectivity index (χ2v) is 9.98. The second kappa shape index (κ2) is 15.1. The average Bonchev–Trinajstić information content (AvgIpc) is 3.47. The van der Waals surface area contributed by atoms with Crippen molar-refractivity contribution in [3.8, 4) is 0 Å². The van der Waals surface area contributed by atoms with Gasteiger partial charge in [-0.3, -0.25) is 19.4 Å². The molecule has 0 radical (unpaired) electrons. The van der Waals surface area contributed by atoms with E-state index in [4.69, 9.17) is 4.74 Å². The Morgan fingerprint density at radius 2 is 1.60 bits per heavy atom. The summed E-state index contributed by atoms with van der Waals surface area (Å²) in [6, 6.07) is 15.4. The first-order valence-corrected chi connectivity index (χ1v) is 14.0. The maximum absolute atomic E-state index is 13.5.